The number of hydrogen-bond acceptors (Lipinski definition) is 5. The molecule has 22 heavy (non-hydrogen) atoms. The van der Waals surface area contributed by atoms with Gasteiger partial charge in [-0.05, 0) is 45.4 Å². The van der Waals surface area contributed by atoms with Gasteiger partial charge in [0.05, 0.1) is 12.0 Å². The van der Waals surface area contributed by atoms with Crippen LogP contribution in [0.15, 0.2) is 25.8 Å². The first-order valence-corrected chi connectivity index (χ1v) is 7.33. The fourth-order valence-electron chi connectivity index (χ4n) is 2.72. The number of benzene rings is 1. The molecular formula is C17H19NO4. The summed E-state index contributed by atoms with van der Waals surface area (Å²) in [6, 6.07) is 3.46. The zero-order valence-electron chi connectivity index (χ0n) is 13.0. The van der Waals surface area contributed by atoms with Gasteiger partial charge in [-0.2, -0.15) is 0 Å². The molecule has 0 aliphatic carbocycles. The van der Waals surface area contributed by atoms with E-state index in [9.17, 15) is 4.79 Å². The minimum absolute atomic E-state index is 0.352. The van der Waals surface area contributed by atoms with Crippen LogP contribution >= 0.6 is 0 Å². The first-order valence-electron chi connectivity index (χ1n) is 7.33. The topological polar surface area (TPSA) is 78.6 Å². The number of fused-ring (bicyclic) bond motifs is 2. The second-order valence-corrected chi connectivity index (χ2v) is 5.48. The highest BCUT2D eigenvalue weighted by atomic mass is 16.5. The van der Waals surface area contributed by atoms with E-state index in [1.807, 2.05) is 26.8 Å². The smallest absolute Gasteiger partial charge is 0.336 e. The molecule has 5 heteroatoms. The van der Waals surface area contributed by atoms with Gasteiger partial charge in [0.15, 0.2) is 5.75 Å². The Morgan fingerprint density at radius 1 is 1.09 bits per heavy atom. The van der Waals surface area contributed by atoms with E-state index in [-0.39, 0.29) is 5.63 Å². The van der Waals surface area contributed by atoms with E-state index in [4.69, 9.17) is 19.3 Å². The second-order valence-electron chi connectivity index (χ2n) is 5.48. The Hall–Kier alpha value is -2.27. The standard InChI is InChI=1S/C17H19NO4/c1-9-7-14(19)22-15-10(2)16-13(8-12(9)15)17(11(3)21-16)20-6-4-5-18/h7-8H,4-6,18H2,1-3H3. The molecule has 0 radical (unpaired) electrons. The maximum absolute atomic E-state index is 11.6. The quantitative estimate of drug-likeness (QED) is 0.591. The van der Waals surface area contributed by atoms with Crippen molar-refractivity contribution in [2.45, 2.75) is 27.2 Å². The predicted octanol–water partition coefficient (Wildman–Crippen LogP) is 3.19. The highest BCUT2D eigenvalue weighted by molar-refractivity contribution is 6.01. The molecule has 3 rings (SSSR count). The van der Waals surface area contributed by atoms with Gasteiger partial charge in [0, 0.05) is 17.0 Å². The summed E-state index contributed by atoms with van der Waals surface area (Å²) in [7, 11) is 0. The van der Waals surface area contributed by atoms with Crippen molar-refractivity contribution in [2.24, 2.45) is 5.73 Å². The summed E-state index contributed by atoms with van der Waals surface area (Å²) in [6.07, 6.45) is 0.784. The first kappa shape index (κ1) is 14.7. The fraction of sp³-hybridized carbons (Fsp3) is 0.353. The molecule has 0 atom stereocenters. The van der Waals surface area contributed by atoms with E-state index in [2.05, 4.69) is 0 Å². The Kier molecular flexibility index (Phi) is 3.66. The minimum Gasteiger partial charge on any atom is -0.489 e. The zero-order valence-corrected chi connectivity index (χ0v) is 13.0. The van der Waals surface area contributed by atoms with Gasteiger partial charge in [-0.15, -0.1) is 0 Å². The van der Waals surface area contributed by atoms with Crippen molar-refractivity contribution in [1.82, 2.24) is 0 Å². The average Bonchev–Trinajstić information content (AvgIpc) is 2.78. The molecule has 0 saturated carbocycles. The van der Waals surface area contributed by atoms with Crippen LogP contribution in [0, 0.1) is 20.8 Å². The number of hydrogen-bond donors (Lipinski definition) is 1. The molecule has 0 unspecified atom stereocenters. The first-order chi connectivity index (χ1) is 10.5. The maximum Gasteiger partial charge on any atom is 0.336 e. The van der Waals surface area contributed by atoms with E-state index in [0.29, 0.717) is 30.1 Å². The van der Waals surface area contributed by atoms with Crippen molar-refractivity contribution in [3.05, 3.63) is 39.4 Å². The largest absolute Gasteiger partial charge is 0.489 e. The van der Waals surface area contributed by atoms with Crippen molar-refractivity contribution in [3.8, 4) is 5.75 Å². The van der Waals surface area contributed by atoms with Gasteiger partial charge in [0.2, 0.25) is 0 Å². The van der Waals surface area contributed by atoms with Crippen LogP contribution in [0.3, 0.4) is 0 Å². The van der Waals surface area contributed by atoms with Gasteiger partial charge in [0.25, 0.3) is 0 Å². The normalized spacial score (nSPS) is 11.5. The summed E-state index contributed by atoms with van der Waals surface area (Å²) in [5.41, 5.74) is 8.11. The number of nitrogens with two attached hydrogens (primary N) is 1. The molecule has 2 N–H and O–H groups in total. The molecule has 0 amide bonds. The van der Waals surface area contributed by atoms with Crippen molar-refractivity contribution in [1.29, 1.82) is 0 Å². The third-order valence-electron chi connectivity index (χ3n) is 3.84. The van der Waals surface area contributed by atoms with Gasteiger partial charge in [-0.3, -0.25) is 0 Å². The van der Waals surface area contributed by atoms with Crippen LogP contribution in [0.5, 0.6) is 5.75 Å². The molecule has 0 aliphatic heterocycles. The van der Waals surface area contributed by atoms with Gasteiger partial charge in [-0.1, -0.05) is 0 Å². The molecule has 3 aromatic rings. The molecule has 5 nitrogen and oxygen atoms in total. The van der Waals surface area contributed by atoms with Crippen LogP contribution in [-0.4, -0.2) is 13.2 Å². The Bertz CT molecular complexity index is 905. The van der Waals surface area contributed by atoms with Crippen LogP contribution in [0.25, 0.3) is 21.9 Å². The lowest BCUT2D eigenvalue weighted by molar-refractivity contribution is 0.308. The predicted molar refractivity (Wildman–Crippen MR) is 85.6 cm³/mol. The molecule has 0 bridgehead atoms. The summed E-state index contributed by atoms with van der Waals surface area (Å²) < 4.78 is 17.0. The van der Waals surface area contributed by atoms with Crippen molar-refractivity contribution >= 4 is 21.9 Å². The van der Waals surface area contributed by atoms with Crippen LogP contribution in [-0.2, 0) is 0 Å². The average molecular weight is 301 g/mol. The Balaban J connectivity index is 2.28. The summed E-state index contributed by atoms with van der Waals surface area (Å²) >= 11 is 0. The van der Waals surface area contributed by atoms with Crippen molar-refractivity contribution in [3.63, 3.8) is 0 Å². The summed E-state index contributed by atoms with van der Waals surface area (Å²) in [5.74, 6) is 1.45. The SMILES string of the molecule is Cc1oc2c(C)c3oc(=O)cc(C)c3cc2c1OCCCN. The third kappa shape index (κ3) is 2.27. The number of rotatable bonds is 4. The van der Waals surface area contributed by atoms with Gasteiger partial charge in [0.1, 0.15) is 16.9 Å². The van der Waals surface area contributed by atoms with Gasteiger partial charge < -0.3 is 19.3 Å². The van der Waals surface area contributed by atoms with Crippen LogP contribution in [0.1, 0.15) is 23.3 Å². The van der Waals surface area contributed by atoms with E-state index >= 15 is 0 Å². The van der Waals surface area contributed by atoms with E-state index in [1.165, 1.54) is 6.07 Å². The Morgan fingerprint density at radius 3 is 2.55 bits per heavy atom. The summed E-state index contributed by atoms with van der Waals surface area (Å²) in [6.45, 7) is 6.78. The highest BCUT2D eigenvalue weighted by Crippen LogP contribution is 2.38. The minimum atomic E-state index is -0.352. The molecule has 116 valence electrons. The molecular weight excluding hydrogens is 282 g/mol. The van der Waals surface area contributed by atoms with E-state index in [1.54, 1.807) is 0 Å². The fourth-order valence-corrected chi connectivity index (χ4v) is 2.72. The van der Waals surface area contributed by atoms with Crippen molar-refractivity contribution < 1.29 is 13.6 Å². The molecule has 0 aliphatic rings. The van der Waals surface area contributed by atoms with Gasteiger partial charge >= 0.3 is 5.63 Å². The lowest BCUT2D eigenvalue weighted by atomic mass is 10.0. The maximum atomic E-state index is 11.6. The zero-order chi connectivity index (χ0) is 15.9. The number of ether oxygens (including phenoxy) is 1. The van der Waals surface area contributed by atoms with E-state index in [0.717, 1.165) is 34.1 Å². The van der Waals surface area contributed by atoms with Crippen molar-refractivity contribution in [2.75, 3.05) is 13.2 Å². The number of aryl methyl sites for hydroxylation is 3. The molecule has 0 saturated heterocycles. The lowest BCUT2D eigenvalue weighted by Gasteiger charge is -2.06. The number of furan rings is 1. The molecule has 0 fully saturated rings. The van der Waals surface area contributed by atoms with Crippen LogP contribution in [0.4, 0.5) is 0 Å². The highest BCUT2D eigenvalue weighted by Gasteiger charge is 2.18. The Labute approximate surface area is 127 Å². The van der Waals surface area contributed by atoms with Crippen LogP contribution in [0.2, 0.25) is 0 Å². The third-order valence-corrected chi connectivity index (χ3v) is 3.84. The monoisotopic (exact) mass is 301 g/mol. The molecule has 2 heterocycles. The summed E-state index contributed by atoms with van der Waals surface area (Å²) in [5, 5.41) is 1.80. The second kappa shape index (κ2) is 5.50. The molecule has 2 aromatic heterocycles. The van der Waals surface area contributed by atoms with E-state index < -0.39 is 0 Å². The molecule has 0 spiro atoms. The van der Waals surface area contributed by atoms with Crippen LogP contribution < -0.4 is 16.1 Å². The lowest BCUT2D eigenvalue weighted by Crippen LogP contribution is -2.06. The Morgan fingerprint density at radius 2 is 1.82 bits per heavy atom. The summed E-state index contributed by atoms with van der Waals surface area (Å²) in [4.78, 5) is 11.6. The van der Waals surface area contributed by atoms with Gasteiger partial charge in [-0.25, -0.2) is 4.79 Å². The molecule has 1 aromatic carbocycles.